The standard InChI is InChI=1S/C86H66N3/c1-58-48-66(42-43-71(58)86-54-65(44-47-88(86)4)62-40-38-61(39-41-62)60-24-8-5-9-25-60)72-30-14-15-31-73(72)67-50-68(74-32-16-18-34-76(74)82-49-59(2)78(84-36-20-22-45-87(84)3)55-79(82)63-26-10-6-11-27-63)52-69(51-67)75-33-17-19-35-77(75)83-53-70-57-89-46-23-21-37-85(89)81(70)56-80(83)64-28-12-7-13-29-64/h5-56H,57H2,1-4H3/q+3. The minimum absolute atomic E-state index is 0.827. The molecule has 0 bridgehead atoms. The lowest BCUT2D eigenvalue weighted by atomic mass is 9.83. The summed E-state index contributed by atoms with van der Waals surface area (Å²) in [7, 11) is 4.28. The fourth-order valence-electron chi connectivity index (χ4n) is 13.6. The third kappa shape index (κ3) is 10.4. The highest BCUT2D eigenvalue weighted by molar-refractivity contribution is 6.00. The van der Waals surface area contributed by atoms with Gasteiger partial charge in [-0.1, -0.05) is 200 Å². The molecule has 4 heterocycles. The van der Waals surface area contributed by atoms with Crippen molar-refractivity contribution in [2.24, 2.45) is 14.1 Å². The molecule has 0 unspecified atom stereocenters. The van der Waals surface area contributed by atoms with Crippen LogP contribution in [0.4, 0.5) is 0 Å². The number of hydrogen-bond donors (Lipinski definition) is 0. The van der Waals surface area contributed by atoms with E-state index < -0.39 is 0 Å². The number of nitrogens with zero attached hydrogens (tertiary/aromatic N) is 3. The number of benzene rings is 11. The van der Waals surface area contributed by atoms with Crippen LogP contribution >= 0.6 is 0 Å². The molecule has 3 aromatic heterocycles. The smallest absolute Gasteiger partial charge is 0.201 e. The van der Waals surface area contributed by atoms with E-state index in [1.165, 1.54) is 139 Å². The van der Waals surface area contributed by atoms with Crippen LogP contribution in [0.5, 0.6) is 0 Å². The summed E-state index contributed by atoms with van der Waals surface area (Å²) in [5.74, 6) is 0. The van der Waals surface area contributed by atoms with Crippen molar-refractivity contribution < 1.29 is 13.7 Å². The zero-order valence-corrected chi connectivity index (χ0v) is 50.6. The van der Waals surface area contributed by atoms with Gasteiger partial charge in [0.25, 0.3) is 0 Å². The first-order valence-corrected chi connectivity index (χ1v) is 30.9. The molecule has 0 amide bonds. The average molecular weight is 1140 g/mol. The van der Waals surface area contributed by atoms with Crippen LogP contribution in [0, 0.1) is 13.8 Å². The van der Waals surface area contributed by atoms with E-state index in [4.69, 9.17) is 0 Å². The molecule has 3 nitrogen and oxygen atoms in total. The quantitative estimate of drug-likeness (QED) is 0.108. The monoisotopic (exact) mass is 1140 g/mol. The zero-order chi connectivity index (χ0) is 60.0. The molecule has 0 aliphatic carbocycles. The van der Waals surface area contributed by atoms with Gasteiger partial charge in [0.2, 0.25) is 17.1 Å². The third-order valence-electron chi connectivity index (χ3n) is 18.2. The summed E-state index contributed by atoms with van der Waals surface area (Å²) in [6.07, 6.45) is 6.53. The van der Waals surface area contributed by atoms with E-state index in [9.17, 15) is 0 Å². The number of hydrogen-bond acceptors (Lipinski definition) is 0. The predicted molar refractivity (Wildman–Crippen MR) is 368 cm³/mol. The second-order valence-corrected chi connectivity index (χ2v) is 23.7. The van der Waals surface area contributed by atoms with Crippen LogP contribution in [0.25, 0.3) is 145 Å². The van der Waals surface area contributed by atoms with E-state index in [1.54, 1.807) is 0 Å². The maximum atomic E-state index is 2.47. The Labute approximate surface area is 522 Å². The van der Waals surface area contributed by atoms with Gasteiger partial charge >= 0.3 is 0 Å². The highest BCUT2D eigenvalue weighted by Gasteiger charge is 2.29. The maximum Gasteiger partial charge on any atom is 0.213 e. The highest BCUT2D eigenvalue weighted by Crippen LogP contribution is 2.48. The van der Waals surface area contributed by atoms with Gasteiger partial charge in [-0.15, -0.1) is 0 Å². The molecule has 0 spiro atoms. The molecule has 1 aliphatic rings. The van der Waals surface area contributed by atoms with Gasteiger partial charge in [0, 0.05) is 53.1 Å². The number of fused-ring (bicyclic) bond motifs is 3. The Morgan fingerprint density at radius 3 is 1.21 bits per heavy atom. The molecular formula is C86H66N3+3. The van der Waals surface area contributed by atoms with E-state index >= 15 is 0 Å². The molecule has 89 heavy (non-hydrogen) atoms. The summed E-state index contributed by atoms with van der Waals surface area (Å²) < 4.78 is 6.84. The van der Waals surface area contributed by atoms with Gasteiger partial charge in [0.1, 0.15) is 14.1 Å². The van der Waals surface area contributed by atoms with Crippen LogP contribution in [-0.4, -0.2) is 0 Å². The van der Waals surface area contributed by atoms with Crippen LogP contribution in [0.15, 0.2) is 316 Å². The lowest BCUT2D eigenvalue weighted by Crippen LogP contribution is -2.31. The lowest BCUT2D eigenvalue weighted by Gasteiger charge is -2.20. The van der Waals surface area contributed by atoms with E-state index in [0.717, 1.165) is 28.9 Å². The molecule has 0 N–H and O–H groups in total. The van der Waals surface area contributed by atoms with Crippen molar-refractivity contribution in [2.75, 3.05) is 0 Å². The van der Waals surface area contributed by atoms with E-state index in [2.05, 4.69) is 357 Å². The first-order valence-electron chi connectivity index (χ1n) is 30.9. The summed E-state index contributed by atoms with van der Waals surface area (Å²) in [5, 5.41) is 0. The third-order valence-corrected chi connectivity index (χ3v) is 18.2. The Bertz CT molecular complexity index is 5000. The van der Waals surface area contributed by atoms with Crippen molar-refractivity contribution in [3.8, 4) is 145 Å². The Hall–Kier alpha value is -11.1. The van der Waals surface area contributed by atoms with Crippen LogP contribution in [-0.2, 0) is 20.6 Å². The molecule has 14 aromatic rings. The van der Waals surface area contributed by atoms with Crippen molar-refractivity contribution in [2.45, 2.75) is 20.4 Å². The molecule has 11 aromatic carbocycles. The van der Waals surface area contributed by atoms with Gasteiger partial charge in [-0.3, -0.25) is 0 Å². The van der Waals surface area contributed by atoms with Crippen LogP contribution in [0.1, 0.15) is 16.7 Å². The molecule has 0 radical (unpaired) electrons. The second kappa shape index (κ2) is 23.3. The topological polar surface area (TPSA) is 11.6 Å². The summed E-state index contributed by atoms with van der Waals surface area (Å²) in [5.41, 5.74) is 34.7. The Balaban J connectivity index is 0.901. The summed E-state index contributed by atoms with van der Waals surface area (Å²) in [4.78, 5) is 0. The molecule has 15 rings (SSSR count). The molecule has 0 atom stereocenters. The largest absolute Gasteiger partial charge is 0.213 e. The van der Waals surface area contributed by atoms with Gasteiger partial charge in [-0.05, 0) is 197 Å². The summed E-state index contributed by atoms with van der Waals surface area (Å²) in [6.45, 7) is 5.34. The van der Waals surface area contributed by atoms with E-state index in [0.29, 0.717) is 0 Å². The summed E-state index contributed by atoms with van der Waals surface area (Å²) in [6, 6.07) is 110. The molecule has 0 fully saturated rings. The van der Waals surface area contributed by atoms with E-state index in [-0.39, 0.29) is 0 Å². The lowest BCUT2D eigenvalue weighted by molar-refractivity contribution is -0.672. The molecular weight excluding hydrogens is 1070 g/mol. The number of aryl methyl sites for hydroxylation is 4. The van der Waals surface area contributed by atoms with Crippen LogP contribution < -0.4 is 13.7 Å². The molecule has 422 valence electrons. The number of pyridine rings is 3. The Morgan fingerprint density at radius 2 is 0.640 bits per heavy atom. The second-order valence-electron chi connectivity index (χ2n) is 23.7. The molecule has 3 heteroatoms. The minimum Gasteiger partial charge on any atom is -0.201 e. The average Bonchev–Trinajstić information content (AvgIpc) is 2.04. The molecule has 0 saturated carbocycles. The van der Waals surface area contributed by atoms with Gasteiger partial charge < -0.3 is 0 Å². The van der Waals surface area contributed by atoms with Gasteiger partial charge in [-0.25, -0.2) is 9.13 Å². The molecule has 0 saturated heterocycles. The van der Waals surface area contributed by atoms with Crippen molar-refractivity contribution >= 4 is 0 Å². The van der Waals surface area contributed by atoms with Crippen LogP contribution in [0.2, 0.25) is 0 Å². The number of aromatic nitrogens is 3. The van der Waals surface area contributed by atoms with Crippen molar-refractivity contribution in [1.29, 1.82) is 0 Å². The summed E-state index contributed by atoms with van der Waals surface area (Å²) >= 11 is 0. The van der Waals surface area contributed by atoms with Gasteiger partial charge in [0.15, 0.2) is 25.1 Å². The van der Waals surface area contributed by atoms with Crippen molar-refractivity contribution in [3.63, 3.8) is 0 Å². The SMILES string of the molecule is Cc1cc(-c2ccccc2-c2cc(-c3ccccc3-c3cc(C)c(-c4cccc[n+]4C)cc3-c3ccccc3)cc(-c3ccccc3-c3cc4c(cc3-c3ccccc3)-c3cccc[n+]3C4)c2)ccc1-c1cc(-c2ccc(-c3ccccc3)cc2)cc[n+]1C. The minimum atomic E-state index is 0.827. The first kappa shape index (κ1) is 54.5. The fraction of sp³-hybridized carbons (Fsp3) is 0.0581. The molecule has 1 aliphatic heterocycles. The van der Waals surface area contributed by atoms with Gasteiger partial charge in [-0.2, -0.15) is 4.57 Å². The normalized spacial score (nSPS) is 11.6. The number of rotatable bonds is 12. The maximum absolute atomic E-state index is 2.47. The first-order chi connectivity index (χ1) is 43.8. The van der Waals surface area contributed by atoms with Crippen molar-refractivity contribution in [1.82, 2.24) is 0 Å². The predicted octanol–water partition coefficient (Wildman–Crippen LogP) is 20.3. The Morgan fingerprint density at radius 1 is 0.213 bits per heavy atom. The fourth-order valence-corrected chi connectivity index (χ4v) is 13.6. The highest BCUT2D eigenvalue weighted by atomic mass is 15.0. The van der Waals surface area contributed by atoms with E-state index in [1.807, 2.05) is 0 Å². The zero-order valence-electron chi connectivity index (χ0n) is 50.6. The van der Waals surface area contributed by atoms with Crippen molar-refractivity contribution in [3.05, 3.63) is 333 Å². The Kier molecular flexibility index (Phi) is 14.3. The van der Waals surface area contributed by atoms with Gasteiger partial charge in [0.05, 0.1) is 5.56 Å². The van der Waals surface area contributed by atoms with Crippen LogP contribution in [0.3, 0.4) is 0 Å².